The molecule has 0 rings (SSSR count). The van der Waals surface area contributed by atoms with Gasteiger partial charge in [-0.2, -0.15) is 19.3 Å². The van der Waals surface area contributed by atoms with Gasteiger partial charge in [-0.05, 0) is 0 Å². The Balaban J connectivity index is 0. The second-order valence-electron chi connectivity index (χ2n) is 1.73. The molecule has 0 atom stereocenters. The molecule has 0 spiro atoms. The van der Waals surface area contributed by atoms with Crippen molar-refractivity contribution in [1.29, 1.82) is 0 Å². The number of hydrogen-bond donors (Lipinski definition) is 0. The average Bonchev–Trinajstić information content (AvgIpc) is 1.72. The van der Waals surface area contributed by atoms with E-state index in [0.717, 1.165) is 19.3 Å². The van der Waals surface area contributed by atoms with Crippen molar-refractivity contribution in [3.8, 4) is 0 Å². The van der Waals surface area contributed by atoms with Gasteiger partial charge in [0.1, 0.15) is 0 Å². The minimum Gasteiger partial charge on any atom is -0.343 e. The Labute approximate surface area is 64.9 Å². The molecule has 0 aromatic rings. The van der Waals surface area contributed by atoms with Crippen LogP contribution in [-0.4, -0.2) is 0 Å². The quantitative estimate of drug-likeness (QED) is 0.538. The van der Waals surface area contributed by atoms with Crippen LogP contribution in [0, 0.1) is 26.7 Å². The Morgan fingerprint density at radius 1 is 0.875 bits per heavy atom. The third kappa shape index (κ3) is 4.74. The third-order valence-electron chi connectivity index (χ3n) is 1.22. The predicted molar refractivity (Wildman–Crippen MR) is 33.4 cm³/mol. The number of rotatable bonds is 3. The van der Waals surface area contributed by atoms with E-state index >= 15 is 0 Å². The molecule has 0 saturated carbocycles. The zero-order valence-electron chi connectivity index (χ0n) is 5.27. The molecule has 0 aliphatic carbocycles. The van der Waals surface area contributed by atoms with Gasteiger partial charge in [0.05, 0.1) is 0 Å². The van der Waals surface area contributed by atoms with E-state index in [-0.39, 0.29) is 18.6 Å². The summed E-state index contributed by atoms with van der Waals surface area (Å²) in [7, 11) is 0. The molecule has 0 amide bonds. The van der Waals surface area contributed by atoms with Crippen LogP contribution < -0.4 is 0 Å². The zero-order chi connectivity index (χ0) is 5.70. The summed E-state index contributed by atoms with van der Waals surface area (Å²) in [5.41, 5.74) is 0. The molecule has 0 nitrogen and oxygen atoms in total. The van der Waals surface area contributed by atoms with E-state index in [9.17, 15) is 0 Å². The average molecular weight is 148 g/mol. The first-order valence-electron chi connectivity index (χ1n) is 2.72. The van der Waals surface area contributed by atoms with Crippen LogP contribution in [0.4, 0.5) is 0 Å². The molecule has 0 aliphatic rings. The summed E-state index contributed by atoms with van der Waals surface area (Å²) in [5, 5.41) is 0. The van der Waals surface area contributed by atoms with Crippen LogP contribution in [0.1, 0.15) is 19.3 Å². The van der Waals surface area contributed by atoms with Gasteiger partial charge in [-0.3, -0.25) is 0 Å². The second-order valence-corrected chi connectivity index (χ2v) is 1.73. The van der Waals surface area contributed by atoms with Gasteiger partial charge in [0.15, 0.2) is 0 Å². The van der Waals surface area contributed by atoms with Crippen molar-refractivity contribution >= 4 is 0 Å². The Bertz CT molecular complexity index is 25.9. The van der Waals surface area contributed by atoms with Gasteiger partial charge >= 0.3 is 0 Å². The molecule has 1 heteroatoms. The fraction of sp³-hybridized carbons (Fsp3) is 0.571. The smallest absolute Gasteiger partial charge is 0 e. The Hall–Kier alpha value is 0.584. The van der Waals surface area contributed by atoms with Crippen molar-refractivity contribution in [1.82, 2.24) is 0 Å². The maximum Gasteiger partial charge on any atom is 0 e. The fourth-order valence-electron chi connectivity index (χ4n) is 0.433. The minimum absolute atomic E-state index is 0. The van der Waals surface area contributed by atoms with Crippen molar-refractivity contribution in [2.45, 2.75) is 19.3 Å². The molecule has 0 aromatic heterocycles. The topological polar surface area (TPSA) is 0 Å². The van der Waals surface area contributed by atoms with Crippen molar-refractivity contribution in [3.63, 3.8) is 0 Å². The summed E-state index contributed by atoms with van der Waals surface area (Å²) in [6.45, 7) is 11.2. The first-order chi connectivity index (χ1) is 3.35. The van der Waals surface area contributed by atoms with Crippen molar-refractivity contribution in [2.75, 3.05) is 0 Å². The molecule has 0 saturated heterocycles. The molecule has 0 N–H and O–H groups in total. The predicted octanol–water partition coefficient (Wildman–Crippen LogP) is 2.27. The zero-order valence-corrected chi connectivity index (χ0v) is 6.66. The van der Waals surface area contributed by atoms with E-state index in [1.807, 2.05) is 0 Å². The van der Waals surface area contributed by atoms with Gasteiger partial charge in [0.2, 0.25) is 0 Å². The molecular formula is C7H13V-3. The van der Waals surface area contributed by atoms with E-state index in [4.69, 9.17) is 0 Å². The molecule has 0 aliphatic heterocycles. The van der Waals surface area contributed by atoms with Crippen molar-refractivity contribution in [2.24, 2.45) is 5.92 Å². The molecule has 8 heavy (non-hydrogen) atoms. The largest absolute Gasteiger partial charge is 0.343 e. The summed E-state index contributed by atoms with van der Waals surface area (Å²) < 4.78 is 0. The van der Waals surface area contributed by atoms with Gasteiger partial charge in [0.25, 0.3) is 0 Å². The summed E-state index contributed by atoms with van der Waals surface area (Å²) in [5.74, 6) is 0.653. The van der Waals surface area contributed by atoms with Gasteiger partial charge in [-0.1, -0.05) is 0 Å². The van der Waals surface area contributed by atoms with Crippen LogP contribution in [0.2, 0.25) is 0 Å². The summed E-state index contributed by atoms with van der Waals surface area (Å²) in [4.78, 5) is 0. The Morgan fingerprint density at radius 3 is 1.12 bits per heavy atom. The van der Waals surface area contributed by atoms with E-state index in [1.54, 1.807) is 0 Å². The maximum absolute atomic E-state index is 3.75. The molecule has 0 fully saturated rings. The summed E-state index contributed by atoms with van der Waals surface area (Å²) in [6.07, 6.45) is 2.94. The molecule has 49 valence electrons. The second kappa shape index (κ2) is 7.58. The van der Waals surface area contributed by atoms with Crippen LogP contribution in [0.25, 0.3) is 0 Å². The first kappa shape index (κ1) is 11.4. The van der Waals surface area contributed by atoms with Crippen LogP contribution in [-0.2, 0) is 18.6 Å². The first-order valence-corrected chi connectivity index (χ1v) is 2.72. The number of hydrogen-bond acceptors (Lipinski definition) is 0. The molecular weight excluding hydrogens is 135 g/mol. The molecule has 0 bridgehead atoms. The Kier molecular flexibility index (Phi) is 10.8. The third-order valence-corrected chi connectivity index (χ3v) is 1.22. The van der Waals surface area contributed by atoms with Gasteiger partial charge in [-0.15, -0.1) is 5.92 Å². The molecule has 0 aromatic carbocycles. The van der Waals surface area contributed by atoms with Crippen molar-refractivity contribution < 1.29 is 18.6 Å². The normalized spacial score (nSPS) is 9.00. The fourth-order valence-corrected chi connectivity index (χ4v) is 0.433. The summed E-state index contributed by atoms with van der Waals surface area (Å²) >= 11 is 0. The van der Waals surface area contributed by atoms with Crippen LogP contribution in [0.15, 0.2) is 0 Å². The maximum atomic E-state index is 3.75. The SMILES string of the molecule is [CH2-]CC(C[CH2-])C[CH2-].[V]. The standard InChI is InChI=1S/C7H13.V/c1-4-7(5-2)6-3;/h7H,1-6H2;/q-3;. The van der Waals surface area contributed by atoms with Crippen LogP contribution >= 0.6 is 0 Å². The van der Waals surface area contributed by atoms with Gasteiger partial charge in [-0.25, -0.2) is 0 Å². The van der Waals surface area contributed by atoms with Gasteiger partial charge in [0, 0.05) is 18.6 Å². The van der Waals surface area contributed by atoms with Crippen molar-refractivity contribution in [3.05, 3.63) is 20.8 Å². The van der Waals surface area contributed by atoms with E-state index < -0.39 is 0 Å². The molecule has 1 radical (unpaired) electrons. The van der Waals surface area contributed by atoms with E-state index in [0.29, 0.717) is 5.92 Å². The summed E-state index contributed by atoms with van der Waals surface area (Å²) in [6, 6.07) is 0. The Morgan fingerprint density at radius 2 is 1.12 bits per heavy atom. The van der Waals surface area contributed by atoms with E-state index in [1.165, 1.54) is 0 Å². The molecule has 0 unspecified atom stereocenters. The van der Waals surface area contributed by atoms with Gasteiger partial charge < -0.3 is 20.8 Å². The molecule has 0 heterocycles. The monoisotopic (exact) mass is 148 g/mol. The van der Waals surface area contributed by atoms with Crippen LogP contribution in [0.3, 0.4) is 0 Å². The minimum atomic E-state index is 0. The van der Waals surface area contributed by atoms with E-state index in [2.05, 4.69) is 20.8 Å². The van der Waals surface area contributed by atoms with Crippen LogP contribution in [0.5, 0.6) is 0 Å².